The van der Waals surface area contributed by atoms with Crippen LogP contribution in [0.1, 0.15) is 20.3 Å². The summed E-state index contributed by atoms with van der Waals surface area (Å²) in [7, 11) is 0. The van der Waals surface area contributed by atoms with E-state index in [0.717, 1.165) is 6.42 Å². The van der Waals surface area contributed by atoms with Crippen LogP contribution in [-0.4, -0.2) is 24.3 Å². The number of carbonyl (C=O) groups excluding carboxylic acids is 1. The number of nitrogens with one attached hydrogen (secondary N) is 1. The van der Waals surface area contributed by atoms with Crippen LogP contribution in [-0.2, 0) is 4.79 Å². The van der Waals surface area contributed by atoms with Crippen molar-refractivity contribution in [3.05, 3.63) is 12.2 Å². The summed E-state index contributed by atoms with van der Waals surface area (Å²) in [5.74, 6) is 0. The molecule has 0 amide bonds. The Labute approximate surface area is 72.7 Å². The summed E-state index contributed by atoms with van der Waals surface area (Å²) in [6, 6.07) is 0. The second-order valence-electron chi connectivity index (χ2n) is 2.35. The predicted molar refractivity (Wildman–Crippen MR) is 51.2 cm³/mol. The van der Waals surface area contributed by atoms with Gasteiger partial charge in [-0.15, -0.1) is 0 Å². The molecule has 0 saturated heterocycles. The van der Waals surface area contributed by atoms with Crippen molar-refractivity contribution in [3.8, 4) is 0 Å². The molecule has 66 valence electrons. The first kappa shape index (κ1) is 10.8. The highest BCUT2D eigenvalue weighted by atomic mass is 16.1. The van der Waals surface area contributed by atoms with Gasteiger partial charge in [-0.05, 0) is 13.3 Å². The third-order valence-corrected chi connectivity index (χ3v) is 1.27. The van der Waals surface area contributed by atoms with Crippen molar-refractivity contribution in [2.24, 2.45) is 4.99 Å². The van der Waals surface area contributed by atoms with Gasteiger partial charge >= 0.3 is 0 Å². The lowest BCUT2D eigenvalue weighted by Crippen LogP contribution is -2.10. The van der Waals surface area contributed by atoms with Crippen LogP contribution in [0.4, 0.5) is 0 Å². The van der Waals surface area contributed by atoms with Crippen LogP contribution in [0.15, 0.2) is 17.1 Å². The zero-order valence-corrected chi connectivity index (χ0v) is 7.50. The molecule has 3 nitrogen and oxygen atoms in total. The van der Waals surface area contributed by atoms with Crippen LogP contribution >= 0.6 is 0 Å². The first-order valence-corrected chi connectivity index (χ1v) is 3.92. The molecule has 0 aliphatic rings. The van der Waals surface area contributed by atoms with E-state index >= 15 is 0 Å². The zero-order valence-electron chi connectivity index (χ0n) is 7.50. The van der Waals surface area contributed by atoms with Gasteiger partial charge in [0.2, 0.25) is 0 Å². The van der Waals surface area contributed by atoms with Gasteiger partial charge in [-0.2, -0.15) is 0 Å². The molecule has 1 N–H and O–H groups in total. The number of rotatable bonds is 5. The maximum Gasteiger partial charge on any atom is 0.169 e. The van der Waals surface area contributed by atoms with E-state index in [4.69, 9.17) is 5.41 Å². The summed E-state index contributed by atoms with van der Waals surface area (Å²) in [6.07, 6.45) is 5.44. The van der Waals surface area contributed by atoms with E-state index in [0.29, 0.717) is 12.8 Å². The molecular weight excluding hydrogens is 152 g/mol. The third kappa shape index (κ3) is 4.55. The van der Waals surface area contributed by atoms with Gasteiger partial charge in [-0.3, -0.25) is 9.79 Å². The molecule has 0 aromatic heterocycles. The Kier molecular flexibility index (Phi) is 5.79. The quantitative estimate of drug-likeness (QED) is 0.376. The average Bonchev–Trinajstić information content (AvgIpc) is 2.04. The number of allylic oxidation sites excluding steroid dienone is 1. The van der Waals surface area contributed by atoms with Gasteiger partial charge in [0, 0.05) is 0 Å². The summed E-state index contributed by atoms with van der Waals surface area (Å²) in [6.45, 7) is 4.07. The molecule has 0 aliphatic heterocycles. The monoisotopic (exact) mass is 166 g/mol. The highest BCUT2D eigenvalue weighted by Crippen LogP contribution is 1.83. The Morgan fingerprint density at radius 3 is 2.58 bits per heavy atom. The summed E-state index contributed by atoms with van der Waals surface area (Å²) >= 11 is 0. The molecule has 0 atom stereocenters. The van der Waals surface area contributed by atoms with E-state index in [2.05, 4.69) is 4.99 Å². The van der Waals surface area contributed by atoms with E-state index in [9.17, 15) is 4.79 Å². The predicted octanol–water partition coefficient (Wildman–Crippen LogP) is 1.63. The average molecular weight is 166 g/mol. The van der Waals surface area contributed by atoms with Crippen molar-refractivity contribution in [2.75, 3.05) is 6.54 Å². The number of hydrogen-bond donors (Lipinski definition) is 1. The van der Waals surface area contributed by atoms with E-state index < -0.39 is 0 Å². The van der Waals surface area contributed by atoms with E-state index in [-0.39, 0.29) is 11.4 Å². The molecule has 0 bridgehead atoms. The minimum atomic E-state index is 0.217. The zero-order chi connectivity index (χ0) is 9.40. The lowest BCUT2D eigenvalue weighted by Gasteiger charge is -1.92. The van der Waals surface area contributed by atoms with Crippen LogP contribution in [0, 0.1) is 5.41 Å². The summed E-state index contributed by atoms with van der Waals surface area (Å²) in [5, 5.41) is 7.15. The fourth-order valence-corrected chi connectivity index (χ4v) is 0.636. The van der Waals surface area contributed by atoms with Crippen LogP contribution in [0.25, 0.3) is 0 Å². The SMILES string of the molecule is CC/C=C\CN=C(C=O)C(C)=N. The summed E-state index contributed by atoms with van der Waals surface area (Å²) < 4.78 is 0. The fourth-order valence-electron chi connectivity index (χ4n) is 0.636. The first-order valence-electron chi connectivity index (χ1n) is 3.92. The van der Waals surface area contributed by atoms with Gasteiger partial charge in [-0.25, -0.2) is 0 Å². The van der Waals surface area contributed by atoms with Gasteiger partial charge in [0.05, 0.1) is 12.3 Å². The van der Waals surface area contributed by atoms with Crippen LogP contribution < -0.4 is 0 Å². The van der Waals surface area contributed by atoms with Crippen molar-refractivity contribution in [2.45, 2.75) is 20.3 Å². The lowest BCUT2D eigenvalue weighted by molar-refractivity contribution is -0.102. The van der Waals surface area contributed by atoms with Crippen molar-refractivity contribution < 1.29 is 4.79 Å². The normalized spacial score (nSPS) is 12.0. The molecule has 0 spiro atoms. The highest BCUT2D eigenvalue weighted by Gasteiger charge is 1.96. The Bertz CT molecular complexity index is 217. The Balaban J connectivity index is 4.03. The second kappa shape index (κ2) is 6.46. The maximum atomic E-state index is 10.3. The first-order chi connectivity index (χ1) is 5.72. The second-order valence-corrected chi connectivity index (χ2v) is 2.35. The standard InChI is InChI=1S/C9H14N2O/c1-3-4-5-6-11-9(7-12)8(2)10/h4-5,7,10H,3,6H2,1-2H3/b5-4-,10-8?,11-9?. The topological polar surface area (TPSA) is 53.3 Å². The van der Waals surface area contributed by atoms with Gasteiger partial charge in [-0.1, -0.05) is 19.1 Å². The van der Waals surface area contributed by atoms with Crippen LogP contribution in [0.3, 0.4) is 0 Å². The molecule has 0 unspecified atom stereocenters. The maximum absolute atomic E-state index is 10.3. The Hall–Kier alpha value is -1.25. The molecule has 0 aromatic carbocycles. The Morgan fingerprint density at radius 2 is 2.17 bits per heavy atom. The summed E-state index contributed by atoms with van der Waals surface area (Å²) in [4.78, 5) is 14.2. The minimum Gasteiger partial charge on any atom is -0.303 e. The molecule has 12 heavy (non-hydrogen) atoms. The number of hydrogen-bond acceptors (Lipinski definition) is 3. The van der Waals surface area contributed by atoms with Gasteiger partial charge in [0.15, 0.2) is 6.29 Å². The molecular formula is C9H14N2O. The van der Waals surface area contributed by atoms with E-state index in [1.807, 2.05) is 19.1 Å². The van der Waals surface area contributed by atoms with Gasteiger partial charge in [0.25, 0.3) is 0 Å². The minimum absolute atomic E-state index is 0.217. The van der Waals surface area contributed by atoms with Crippen molar-refractivity contribution >= 4 is 17.7 Å². The molecule has 0 radical (unpaired) electrons. The largest absolute Gasteiger partial charge is 0.303 e. The van der Waals surface area contributed by atoms with Gasteiger partial charge < -0.3 is 5.41 Å². The van der Waals surface area contributed by atoms with Crippen molar-refractivity contribution in [3.63, 3.8) is 0 Å². The molecule has 0 saturated carbocycles. The number of aliphatic imine (C=N–C) groups is 1. The molecule has 0 aliphatic carbocycles. The third-order valence-electron chi connectivity index (χ3n) is 1.27. The van der Waals surface area contributed by atoms with E-state index in [1.54, 1.807) is 6.92 Å². The van der Waals surface area contributed by atoms with Crippen LogP contribution in [0.5, 0.6) is 0 Å². The smallest absolute Gasteiger partial charge is 0.169 e. The van der Waals surface area contributed by atoms with E-state index in [1.165, 1.54) is 0 Å². The van der Waals surface area contributed by atoms with Crippen LogP contribution in [0.2, 0.25) is 0 Å². The number of aldehydes is 1. The molecule has 0 heterocycles. The highest BCUT2D eigenvalue weighted by molar-refractivity contribution is 6.60. The molecule has 0 fully saturated rings. The van der Waals surface area contributed by atoms with Crippen molar-refractivity contribution in [1.82, 2.24) is 0 Å². The molecule has 3 heteroatoms. The fraction of sp³-hybridized carbons (Fsp3) is 0.444. The number of carbonyl (C=O) groups is 1. The molecule has 0 aromatic rings. The lowest BCUT2D eigenvalue weighted by atomic mass is 10.3. The summed E-state index contributed by atoms with van der Waals surface area (Å²) in [5.41, 5.74) is 0.450. The molecule has 0 rings (SSSR count). The van der Waals surface area contributed by atoms with Gasteiger partial charge in [0.1, 0.15) is 5.71 Å². The Morgan fingerprint density at radius 1 is 1.50 bits per heavy atom. The van der Waals surface area contributed by atoms with Crippen molar-refractivity contribution in [1.29, 1.82) is 5.41 Å². The number of nitrogens with zero attached hydrogens (tertiary/aromatic N) is 1.